The van der Waals surface area contributed by atoms with Gasteiger partial charge < -0.3 is 10.5 Å². The number of aldehydes is 1. The molecule has 0 heterocycles. The number of benzene rings is 1. The van der Waals surface area contributed by atoms with E-state index in [0.29, 0.717) is 0 Å². The molecule has 84 valence electrons. The Kier molecular flexibility index (Phi) is 3.19. The van der Waals surface area contributed by atoms with Crippen LogP contribution in [0, 0.1) is 10.1 Å². The lowest BCUT2D eigenvalue weighted by atomic mass is 10.1. The third-order valence-electron chi connectivity index (χ3n) is 1.92. The first-order chi connectivity index (χ1) is 7.51. The first-order valence-corrected chi connectivity index (χ1v) is 4.12. The van der Waals surface area contributed by atoms with Gasteiger partial charge in [-0.15, -0.1) is 0 Å². The van der Waals surface area contributed by atoms with Crippen LogP contribution in [-0.4, -0.2) is 24.2 Å². The first kappa shape index (κ1) is 11.6. The number of amides is 1. The number of primary amides is 1. The zero-order valence-electron chi connectivity index (χ0n) is 8.30. The molecule has 0 saturated carbocycles. The van der Waals surface area contributed by atoms with Crippen molar-refractivity contribution in [3.63, 3.8) is 0 Å². The molecule has 0 aliphatic rings. The summed E-state index contributed by atoms with van der Waals surface area (Å²) in [4.78, 5) is 31.5. The monoisotopic (exact) mass is 224 g/mol. The first-order valence-electron chi connectivity index (χ1n) is 4.12. The molecular weight excluding hydrogens is 216 g/mol. The summed E-state index contributed by atoms with van der Waals surface area (Å²) in [7, 11) is 1.20. The van der Waals surface area contributed by atoms with Crippen molar-refractivity contribution in [3.05, 3.63) is 33.4 Å². The minimum Gasteiger partial charge on any atom is -0.490 e. The molecule has 16 heavy (non-hydrogen) atoms. The molecule has 0 saturated heterocycles. The van der Waals surface area contributed by atoms with Crippen LogP contribution in [0.15, 0.2) is 12.1 Å². The maximum absolute atomic E-state index is 10.9. The summed E-state index contributed by atoms with van der Waals surface area (Å²) < 4.78 is 4.73. The maximum Gasteiger partial charge on any atom is 0.321 e. The summed E-state index contributed by atoms with van der Waals surface area (Å²) in [6, 6.07) is 2.17. The number of methoxy groups -OCH3 is 1. The number of carbonyl (C=O) groups is 2. The quantitative estimate of drug-likeness (QED) is 0.455. The van der Waals surface area contributed by atoms with E-state index in [9.17, 15) is 19.7 Å². The smallest absolute Gasteiger partial charge is 0.321 e. The predicted molar refractivity (Wildman–Crippen MR) is 53.6 cm³/mol. The number of nitrogens with zero attached hydrogens (tertiary/aromatic N) is 1. The summed E-state index contributed by atoms with van der Waals surface area (Å²) in [5, 5.41) is 10.7. The number of nitrogens with two attached hydrogens (primary N) is 1. The van der Waals surface area contributed by atoms with Gasteiger partial charge in [-0.25, -0.2) is 0 Å². The topological polar surface area (TPSA) is 113 Å². The fraction of sp³-hybridized carbons (Fsp3) is 0.111. The van der Waals surface area contributed by atoms with E-state index in [2.05, 4.69) is 0 Å². The minimum atomic E-state index is -0.795. The van der Waals surface area contributed by atoms with Crippen LogP contribution in [0.2, 0.25) is 0 Å². The second-order valence-electron chi connectivity index (χ2n) is 2.86. The van der Waals surface area contributed by atoms with Crippen molar-refractivity contribution >= 4 is 17.9 Å². The van der Waals surface area contributed by atoms with Gasteiger partial charge in [-0.1, -0.05) is 0 Å². The van der Waals surface area contributed by atoms with Crippen molar-refractivity contribution in [1.29, 1.82) is 0 Å². The summed E-state index contributed by atoms with van der Waals surface area (Å²) >= 11 is 0. The molecule has 0 aliphatic heterocycles. The van der Waals surface area contributed by atoms with Gasteiger partial charge in [0.1, 0.15) is 0 Å². The number of hydrogen-bond acceptors (Lipinski definition) is 5. The number of ether oxygens (including phenoxy) is 1. The lowest BCUT2D eigenvalue weighted by Gasteiger charge is -2.05. The van der Waals surface area contributed by atoms with Crippen molar-refractivity contribution in [2.45, 2.75) is 0 Å². The van der Waals surface area contributed by atoms with E-state index in [4.69, 9.17) is 10.5 Å². The SMILES string of the molecule is COc1cc(C(N)=O)cc(C=O)c1[N+](=O)[O-]. The molecule has 0 fully saturated rings. The zero-order valence-corrected chi connectivity index (χ0v) is 8.30. The fourth-order valence-electron chi connectivity index (χ4n) is 1.21. The van der Waals surface area contributed by atoms with Crippen molar-refractivity contribution in [2.75, 3.05) is 7.11 Å². The molecule has 2 N–H and O–H groups in total. The molecule has 1 aromatic carbocycles. The highest BCUT2D eigenvalue weighted by Gasteiger charge is 2.22. The van der Waals surface area contributed by atoms with Crippen LogP contribution in [-0.2, 0) is 0 Å². The van der Waals surface area contributed by atoms with Crippen LogP contribution in [0.1, 0.15) is 20.7 Å². The average molecular weight is 224 g/mol. The Morgan fingerprint density at radius 2 is 2.19 bits per heavy atom. The van der Waals surface area contributed by atoms with E-state index < -0.39 is 16.5 Å². The van der Waals surface area contributed by atoms with Crippen LogP contribution < -0.4 is 10.5 Å². The van der Waals surface area contributed by atoms with E-state index in [1.165, 1.54) is 7.11 Å². The summed E-state index contributed by atoms with van der Waals surface area (Å²) in [6.07, 6.45) is 0.271. The number of hydrogen-bond donors (Lipinski definition) is 1. The van der Waals surface area contributed by atoms with Gasteiger partial charge in [0.25, 0.3) is 0 Å². The normalized spacial score (nSPS) is 9.56. The van der Waals surface area contributed by atoms with Gasteiger partial charge in [0.2, 0.25) is 5.91 Å². The van der Waals surface area contributed by atoms with E-state index in [1.807, 2.05) is 0 Å². The predicted octanol–water partition coefficient (Wildman–Crippen LogP) is 0.515. The number of nitro benzene ring substituents is 1. The largest absolute Gasteiger partial charge is 0.490 e. The Morgan fingerprint density at radius 3 is 2.56 bits per heavy atom. The highest BCUT2D eigenvalue weighted by Crippen LogP contribution is 2.31. The lowest BCUT2D eigenvalue weighted by Crippen LogP contribution is -2.12. The second kappa shape index (κ2) is 4.39. The molecule has 0 aliphatic carbocycles. The highest BCUT2D eigenvalue weighted by molar-refractivity contribution is 5.97. The van der Waals surface area contributed by atoms with Gasteiger partial charge in [0.05, 0.1) is 17.6 Å². The number of rotatable bonds is 4. The fourth-order valence-corrected chi connectivity index (χ4v) is 1.21. The van der Waals surface area contributed by atoms with Gasteiger partial charge >= 0.3 is 5.69 Å². The molecule has 7 heteroatoms. The average Bonchev–Trinajstić information content (AvgIpc) is 2.26. The molecule has 0 spiro atoms. The van der Waals surface area contributed by atoms with Gasteiger partial charge in [-0.2, -0.15) is 0 Å². The molecule has 0 unspecified atom stereocenters. The maximum atomic E-state index is 10.9. The molecule has 7 nitrogen and oxygen atoms in total. The van der Waals surface area contributed by atoms with Crippen LogP contribution in [0.5, 0.6) is 5.75 Å². The Morgan fingerprint density at radius 1 is 1.56 bits per heavy atom. The van der Waals surface area contributed by atoms with E-state index >= 15 is 0 Å². The van der Waals surface area contributed by atoms with Crippen LogP contribution in [0.25, 0.3) is 0 Å². The van der Waals surface area contributed by atoms with E-state index in [0.717, 1.165) is 12.1 Å². The molecule has 0 bridgehead atoms. The van der Waals surface area contributed by atoms with Gasteiger partial charge in [-0.05, 0) is 6.07 Å². The summed E-state index contributed by atoms with van der Waals surface area (Å²) in [6.45, 7) is 0. The van der Waals surface area contributed by atoms with Crippen molar-refractivity contribution < 1.29 is 19.2 Å². The van der Waals surface area contributed by atoms with Crippen LogP contribution >= 0.6 is 0 Å². The van der Waals surface area contributed by atoms with Crippen LogP contribution in [0.3, 0.4) is 0 Å². The Labute approximate surface area is 90.0 Å². The molecule has 0 aromatic heterocycles. The zero-order chi connectivity index (χ0) is 12.3. The van der Waals surface area contributed by atoms with Gasteiger partial charge in [-0.3, -0.25) is 19.7 Å². The van der Waals surface area contributed by atoms with Gasteiger partial charge in [0, 0.05) is 11.6 Å². The van der Waals surface area contributed by atoms with Crippen LogP contribution in [0.4, 0.5) is 5.69 Å². The molecule has 0 radical (unpaired) electrons. The number of nitro groups is 1. The highest BCUT2D eigenvalue weighted by atomic mass is 16.6. The molecule has 1 aromatic rings. The standard InChI is InChI=1S/C9H8N2O5/c1-16-7-3-5(9(10)13)2-6(4-12)8(7)11(14)15/h2-4H,1H3,(H2,10,13). The second-order valence-corrected chi connectivity index (χ2v) is 2.86. The molecule has 1 rings (SSSR count). The Bertz CT molecular complexity index is 469. The van der Waals surface area contributed by atoms with E-state index in [-0.39, 0.29) is 23.2 Å². The molecular formula is C9H8N2O5. The number of carbonyl (C=O) groups excluding carboxylic acids is 2. The minimum absolute atomic E-state index is 0.0236. The van der Waals surface area contributed by atoms with Gasteiger partial charge in [0.15, 0.2) is 12.0 Å². The summed E-state index contributed by atoms with van der Waals surface area (Å²) in [5.74, 6) is -0.973. The third-order valence-corrected chi connectivity index (χ3v) is 1.92. The molecule has 1 amide bonds. The Balaban J connectivity index is 3.55. The molecule has 0 atom stereocenters. The third kappa shape index (κ3) is 1.97. The van der Waals surface area contributed by atoms with E-state index in [1.54, 1.807) is 0 Å². The lowest BCUT2D eigenvalue weighted by molar-refractivity contribution is -0.386. The van der Waals surface area contributed by atoms with Crippen molar-refractivity contribution in [2.24, 2.45) is 5.73 Å². The van der Waals surface area contributed by atoms with Crippen molar-refractivity contribution in [1.82, 2.24) is 0 Å². The Hall–Kier alpha value is -2.44. The van der Waals surface area contributed by atoms with Crippen molar-refractivity contribution in [3.8, 4) is 5.75 Å². The summed E-state index contributed by atoms with van der Waals surface area (Å²) in [5.41, 5.74) is 4.25.